The number of anilines is 1. The van der Waals surface area contributed by atoms with Gasteiger partial charge in [0.05, 0.1) is 29.5 Å². The largest absolute Gasteiger partial charge is 0.468 e. The summed E-state index contributed by atoms with van der Waals surface area (Å²) in [5.41, 5.74) is 2.34. The van der Waals surface area contributed by atoms with Gasteiger partial charge in [0, 0.05) is 16.6 Å². The molecule has 9 heteroatoms. The van der Waals surface area contributed by atoms with E-state index in [1.165, 1.54) is 7.11 Å². The lowest BCUT2D eigenvalue weighted by Crippen LogP contribution is -2.44. The van der Waals surface area contributed by atoms with Crippen LogP contribution in [0.2, 0.25) is 5.02 Å². The second-order valence-electron chi connectivity index (χ2n) is 7.03. The predicted molar refractivity (Wildman–Crippen MR) is 123 cm³/mol. The van der Waals surface area contributed by atoms with Crippen LogP contribution >= 0.6 is 23.4 Å². The number of rotatable bonds is 6. The number of hydrogen-bond acceptors (Lipinski definition) is 6. The summed E-state index contributed by atoms with van der Waals surface area (Å²) < 4.78 is 4.81. The fourth-order valence-electron chi connectivity index (χ4n) is 3.39. The Bertz CT molecular complexity index is 1120. The van der Waals surface area contributed by atoms with E-state index in [0.717, 1.165) is 17.3 Å². The van der Waals surface area contributed by atoms with Crippen LogP contribution in [-0.4, -0.2) is 30.6 Å². The van der Waals surface area contributed by atoms with Crippen LogP contribution in [0.3, 0.4) is 0 Å². The van der Waals surface area contributed by atoms with Gasteiger partial charge in [0.1, 0.15) is 5.92 Å². The molecule has 0 aliphatic carbocycles. The molecule has 3 rings (SSSR count). The summed E-state index contributed by atoms with van der Waals surface area (Å²) in [7, 11) is 1.18. The summed E-state index contributed by atoms with van der Waals surface area (Å²) >= 11 is 6.99. The second kappa shape index (κ2) is 10.4. The van der Waals surface area contributed by atoms with Gasteiger partial charge in [0.15, 0.2) is 0 Å². The van der Waals surface area contributed by atoms with Gasteiger partial charge in [-0.15, -0.1) is 0 Å². The van der Waals surface area contributed by atoms with Crippen molar-refractivity contribution in [2.24, 2.45) is 5.92 Å². The van der Waals surface area contributed by atoms with Crippen LogP contribution in [0.15, 0.2) is 59.1 Å². The molecule has 0 unspecified atom stereocenters. The molecule has 0 aromatic heterocycles. The molecule has 2 atom stereocenters. The van der Waals surface area contributed by atoms with Crippen molar-refractivity contribution in [3.05, 3.63) is 75.3 Å². The quantitative estimate of drug-likeness (QED) is 0.492. The number of para-hydroxylation sites is 1. The van der Waals surface area contributed by atoms with Crippen molar-refractivity contribution in [3.8, 4) is 6.07 Å². The van der Waals surface area contributed by atoms with Crippen LogP contribution in [0, 0.1) is 24.2 Å². The van der Waals surface area contributed by atoms with Crippen molar-refractivity contribution in [3.63, 3.8) is 0 Å². The van der Waals surface area contributed by atoms with Gasteiger partial charge in [-0.2, -0.15) is 5.26 Å². The Hall–Kier alpha value is -3.28. The summed E-state index contributed by atoms with van der Waals surface area (Å²) in [6, 6.07) is 16.0. The van der Waals surface area contributed by atoms with Gasteiger partial charge < -0.3 is 15.4 Å². The van der Waals surface area contributed by atoms with Crippen LogP contribution in [0.4, 0.5) is 5.69 Å². The maximum absolute atomic E-state index is 12.8. The first kappa shape index (κ1) is 23.4. The molecule has 0 spiro atoms. The summed E-state index contributed by atoms with van der Waals surface area (Å²) in [5, 5.41) is 16.0. The van der Waals surface area contributed by atoms with Crippen LogP contribution in [-0.2, 0) is 19.1 Å². The topological polar surface area (TPSA) is 108 Å². The molecule has 32 heavy (non-hydrogen) atoms. The number of esters is 1. The number of halogens is 1. The number of ether oxygens (including phenoxy) is 1. The fourth-order valence-corrected chi connectivity index (χ4v) is 4.36. The first-order valence-electron chi connectivity index (χ1n) is 9.62. The van der Waals surface area contributed by atoms with Crippen molar-refractivity contribution < 1.29 is 19.1 Å². The summed E-state index contributed by atoms with van der Waals surface area (Å²) in [4.78, 5) is 37.6. The lowest BCUT2D eigenvalue weighted by Gasteiger charge is -2.30. The highest BCUT2D eigenvalue weighted by Crippen LogP contribution is 2.40. The van der Waals surface area contributed by atoms with Gasteiger partial charge in [-0.25, -0.2) is 0 Å². The van der Waals surface area contributed by atoms with E-state index < -0.39 is 23.7 Å². The molecule has 164 valence electrons. The van der Waals surface area contributed by atoms with E-state index >= 15 is 0 Å². The van der Waals surface area contributed by atoms with Crippen LogP contribution in [0.5, 0.6) is 0 Å². The molecular formula is C23H20ClN3O4S. The van der Waals surface area contributed by atoms with E-state index in [2.05, 4.69) is 16.7 Å². The first-order valence-corrected chi connectivity index (χ1v) is 11.0. The van der Waals surface area contributed by atoms with E-state index in [4.69, 9.17) is 16.3 Å². The number of amides is 2. The number of carbonyl (C=O) groups excluding carboxylic acids is 3. The number of allylic oxidation sites excluding steroid dienone is 1. The Labute approximate surface area is 194 Å². The molecule has 0 radical (unpaired) electrons. The van der Waals surface area contributed by atoms with E-state index in [1.807, 2.05) is 25.1 Å². The molecule has 2 aromatic carbocycles. The number of hydrogen-bond donors (Lipinski definition) is 2. The third-order valence-electron chi connectivity index (χ3n) is 4.98. The van der Waals surface area contributed by atoms with Crippen molar-refractivity contribution in [2.75, 3.05) is 18.2 Å². The standard InChI is InChI=1S/C23H20ClN3O4S/c1-13-5-3-4-6-17(13)26-18(28)12-32-22-16(11-25)19(14-7-9-15(24)10-8-14)20(21(29)27-22)23(30)31-2/h3-10,19-20H,12H2,1-2H3,(H,26,28)(H,27,29)/t19-,20-/m0/s1. The summed E-state index contributed by atoms with van der Waals surface area (Å²) in [6.45, 7) is 1.88. The van der Waals surface area contributed by atoms with E-state index in [9.17, 15) is 19.6 Å². The third-order valence-corrected chi connectivity index (χ3v) is 6.25. The number of benzene rings is 2. The summed E-state index contributed by atoms with van der Waals surface area (Å²) in [6.07, 6.45) is 0. The monoisotopic (exact) mass is 469 g/mol. The van der Waals surface area contributed by atoms with Crippen molar-refractivity contribution in [1.29, 1.82) is 5.26 Å². The average molecular weight is 470 g/mol. The molecule has 2 aromatic rings. The number of nitrogens with zero attached hydrogens (tertiary/aromatic N) is 1. The van der Waals surface area contributed by atoms with Crippen molar-refractivity contribution >= 4 is 46.8 Å². The molecule has 0 saturated heterocycles. The first-order chi connectivity index (χ1) is 15.3. The minimum Gasteiger partial charge on any atom is -0.468 e. The molecular weight excluding hydrogens is 450 g/mol. The van der Waals surface area contributed by atoms with Gasteiger partial charge in [-0.3, -0.25) is 14.4 Å². The van der Waals surface area contributed by atoms with Crippen LogP contribution in [0.25, 0.3) is 0 Å². The number of methoxy groups -OCH3 is 1. The van der Waals surface area contributed by atoms with Gasteiger partial charge >= 0.3 is 5.97 Å². The Balaban J connectivity index is 1.89. The smallest absolute Gasteiger partial charge is 0.319 e. The lowest BCUT2D eigenvalue weighted by molar-refractivity contribution is -0.150. The van der Waals surface area contributed by atoms with Gasteiger partial charge in [0.25, 0.3) is 0 Å². The van der Waals surface area contributed by atoms with Crippen molar-refractivity contribution in [2.45, 2.75) is 12.8 Å². The molecule has 2 N–H and O–H groups in total. The van der Waals surface area contributed by atoms with Gasteiger partial charge in [-0.05, 0) is 36.2 Å². The molecule has 1 heterocycles. The molecule has 0 fully saturated rings. The molecule has 2 amide bonds. The lowest BCUT2D eigenvalue weighted by atomic mass is 9.78. The zero-order valence-electron chi connectivity index (χ0n) is 17.3. The Morgan fingerprint density at radius 2 is 1.91 bits per heavy atom. The minimum atomic E-state index is -1.24. The molecule has 0 bridgehead atoms. The fraction of sp³-hybridized carbons (Fsp3) is 0.217. The minimum absolute atomic E-state index is 0.0364. The number of nitrogens with one attached hydrogen (secondary N) is 2. The Morgan fingerprint density at radius 3 is 2.53 bits per heavy atom. The van der Waals surface area contributed by atoms with Gasteiger partial charge in [-0.1, -0.05) is 53.7 Å². The molecule has 1 aliphatic rings. The number of carbonyl (C=O) groups is 3. The molecule has 1 aliphatic heterocycles. The zero-order chi connectivity index (χ0) is 23.3. The summed E-state index contributed by atoms with van der Waals surface area (Å²) in [5.74, 6) is -3.78. The number of aryl methyl sites for hydroxylation is 1. The number of thioether (sulfide) groups is 1. The van der Waals surface area contributed by atoms with Gasteiger partial charge in [0.2, 0.25) is 11.8 Å². The Morgan fingerprint density at radius 1 is 1.22 bits per heavy atom. The molecule has 7 nitrogen and oxygen atoms in total. The van der Waals surface area contributed by atoms with E-state index in [-0.39, 0.29) is 22.3 Å². The molecule has 0 saturated carbocycles. The predicted octanol–water partition coefficient (Wildman–Crippen LogP) is 3.76. The highest BCUT2D eigenvalue weighted by atomic mass is 35.5. The van der Waals surface area contributed by atoms with E-state index in [1.54, 1.807) is 30.3 Å². The normalized spacial score (nSPS) is 17.9. The van der Waals surface area contributed by atoms with Crippen LogP contribution < -0.4 is 10.6 Å². The second-order valence-corrected chi connectivity index (χ2v) is 8.45. The SMILES string of the molecule is COC(=O)[C@@H]1C(=O)NC(SCC(=O)Nc2ccccc2C)=C(C#N)[C@@H]1c1ccc(Cl)cc1. The zero-order valence-corrected chi connectivity index (χ0v) is 18.9. The maximum atomic E-state index is 12.8. The highest BCUT2D eigenvalue weighted by molar-refractivity contribution is 8.03. The van der Waals surface area contributed by atoms with E-state index in [0.29, 0.717) is 16.3 Å². The van der Waals surface area contributed by atoms with Crippen LogP contribution in [0.1, 0.15) is 17.0 Å². The highest BCUT2D eigenvalue weighted by Gasteiger charge is 2.44. The third kappa shape index (κ3) is 5.13. The average Bonchev–Trinajstić information content (AvgIpc) is 2.78. The number of nitriles is 1. The maximum Gasteiger partial charge on any atom is 0.319 e. The Kier molecular flexibility index (Phi) is 7.57. The van der Waals surface area contributed by atoms with Crippen molar-refractivity contribution in [1.82, 2.24) is 5.32 Å².